The van der Waals surface area contributed by atoms with Crippen LogP contribution in [0.2, 0.25) is 0 Å². The summed E-state index contributed by atoms with van der Waals surface area (Å²) in [5.41, 5.74) is 0. The second kappa shape index (κ2) is 13.1. The molecule has 0 aromatic carbocycles. The third-order valence-electron chi connectivity index (χ3n) is 2.30. The fraction of sp³-hybridized carbons (Fsp3) is 0.857. The fourth-order valence-electron chi connectivity index (χ4n) is 1.56. The first-order valence-corrected chi connectivity index (χ1v) is 7.77. The predicted molar refractivity (Wildman–Crippen MR) is 80.3 cm³/mol. The van der Waals surface area contributed by atoms with Crippen LogP contribution >= 0.6 is 15.9 Å². The number of hydrogen-bond donors (Lipinski definition) is 0. The Hall–Kier alpha value is 0.0600. The molecule has 0 radical (unpaired) electrons. The summed E-state index contributed by atoms with van der Waals surface area (Å²) in [6, 6.07) is 0. The summed E-state index contributed by atoms with van der Waals surface area (Å²) in [5, 5.41) is 0. The van der Waals surface area contributed by atoms with Gasteiger partial charge in [0.15, 0.2) is 12.6 Å². The Kier molecular flexibility index (Phi) is 13.1. The minimum absolute atomic E-state index is 0.180. The van der Waals surface area contributed by atoms with Crippen LogP contribution < -0.4 is 0 Å². The molecule has 0 aliphatic carbocycles. The second-order valence-electron chi connectivity index (χ2n) is 3.77. The Morgan fingerprint density at radius 1 is 0.842 bits per heavy atom. The largest absolute Gasteiger partial charge is 0.353 e. The van der Waals surface area contributed by atoms with E-state index in [2.05, 4.69) is 22.0 Å². The number of rotatable bonds is 12. The zero-order valence-electron chi connectivity index (χ0n) is 12.5. The van der Waals surface area contributed by atoms with Crippen molar-refractivity contribution in [2.24, 2.45) is 0 Å². The van der Waals surface area contributed by atoms with Crippen LogP contribution in [0.15, 0.2) is 10.6 Å². The van der Waals surface area contributed by atoms with Crippen molar-refractivity contribution in [2.75, 3.05) is 26.4 Å². The van der Waals surface area contributed by atoms with Crippen LogP contribution in [-0.2, 0) is 18.9 Å². The van der Waals surface area contributed by atoms with E-state index in [9.17, 15) is 0 Å². The number of hydrogen-bond acceptors (Lipinski definition) is 4. The van der Waals surface area contributed by atoms with Gasteiger partial charge in [-0.25, -0.2) is 0 Å². The van der Waals surface area contributed by atoms with E-state index in [1.807, 2.05) is 27.7 Å². The van der Waals surface area contributed by atoms with Crippen LogP contribution in [0.25, 0.3) is 0 Å². The molecule has 0 aliphatic heterocycles. The Labute approximate surface area is 125 Å². The van der Waals surface area contributed by atoms with Crippen LogP contribution in [0.3, 0.4) is 0 Å². The Bertz CT molecular complexity index is 221. The van der Waals surface area contributed by atoms with Gasteiger partial charge in [0.2, 0.25) is 0 Å². The van der Waals surface area contributed by atoms with Gasteiger partial charge in [-0.1, -0.05) is 22.0 Å². The molecule has 114 valence electrons. The van der Waals surface area contributed by atoms with Gasteiger partial charge in [-0.15, -0.1) is 0 Å². The molecule has 0 atom stereocenters. The van der Waals surface area contributed by atoms with E-state index in [4.69, 9.17) is 18.9 Å². The number of halogens is 1. The zero-order valence-corrected chi connectivity index (χ0v) is 14.1. The molecular formula is C14H27BrO4. The quantitative estimate of drug-likeness (QED) is 0.506. The smallest absolute Gasteiger partial charge is 0.162 e. The first-order valence-electron chi connectivity index (χ1n) is 6.98. The molecule has 0 N–H and O–H groups in total. The molecular weight excluding hydrogens is 312 g/mol. The van der Waals surface area contributed by atoms with Crippen LogP contribution in [0.4, 0.5) is 0 Å². The highest BCUT2D eigenvalue weighted by molar-refractivity contribution is 9.11. The third-order valence-corrected chi connectivity index (χ3v) is 2.95. The molecule has 0 unspecified atom stereocenters. The Morgan fingerprint density at radius 2 is 1.26 bits per heavy atom. The minimum atomic E-state index is -0.196. The Morgan fingerprint density at radius 3 is 1.68 bits per heavy atom. The van der Waals surface area contributed by atoms with Gasteiger partial charge < -0.3 is 18.9 Å². The molecule has 0 rings (SSSR count). The van der Waals surface area contributed by atoms with E-state index in [0.717, 1.165) is 4.48 Å². The van der Waals surface area contributed by atoms with Crippen LogP contribution in [-0.4, -0.2) is 39.0 Å². The van der Waals surface area contributed by atoms with Crippen molar-refractivity contribution in [3.8, 4) is 0 Å². The summed E-state index contributed by atoms with van der Waals surface area (Å²) >= 11 is 3.54. The van der Waals surface area contributed by atoms with Crippen molar-refractivity contribution in [1.82, 2.24) is 0 Å². The topological polar surface area (TPSA) is 36.9 Å². The first-order chi connectivity index (χ1) is 9.17. The molecule has 0 bridgehead atoms. The molecule has 0 aliphatic rings. The molecule has 0 amide bonds. The summed E-state index contributed by atoms with van der Waals surface area (Å²) in [6.45, 7) is 10.4. The lowest BCUT2D eigenvalue weighted by Crippen LogP contribution is -2.18. The molecule has 0 fully saturated rings. The zero-order chi connectivity index (χ0) is 14.5. The molecule has 0 heterocycles. The Balaban J connectivity index is 4.19. The van der Waals surface area contributed by atoms with Crippen LogP contribution in [0.5, 0.6) is 0 Å². The van der Waals surface area contributed by atoms with Crippen LogP contribution in [0.1, 0.15) is 40.5 Å². The maximum Gasteiger partial charge on any atom is 0.162 e. The van der Waals surface area contributed by atoms with Gasteiger partial charge in [-0.3, -0.25) is 0 Å². The van der Waals surface area contributed by atoms with Gasteiger partial charge >= 0.3 is 0 Å². The highest BCUT2D eigenvalue weighted by atomic mass is 79.9. The summed E-state index contributed by atoms with van der Waals surface area (Å²) < 4.78 is 23.0. The van der Waals surface area contributed by atoms with E-state index in [1.165, 1.54) is 0 Å². The molecule has 5 heteroatoms. The summed E-state index contributed by atoms with van der Waals surface area (Å²) in [7, 11) is 0. The molecule has 0 aromatic heterocycles. The van der Waals surface area contributed by atoms with Gasteiger partial charge in [0.1, 0.15) is 0 Å². The molecule has 19 heavy (non-hydrogen) atoms. The monoisotopic (exact) mass is 338 g/mol. The maximum absolute atomic E-state index is 5.50. The summed E-state index contributed by atoms with van der Waals surface area (Å²) in [5.74, 6) is 0. The van der Waals surface area contributed by atoms with Crippen molar-refractivity contribution in [3.05, 3.63) is 10.6 Å². The summed E-state index contributed by atoms with van der Waals surface area (Å²) in [4.78, 5) is 0. The van der Waals surface area contributed by atoms with Crippen molar-refractivity contribution >= 4 is 15.9 Å². The van der Waals surface area contributed by atoms with Gasteiger partial charge in [-0.05, 0) is 32.2 Å². The van der Waals surface area contributed by atoms with E-state index in [-0.39, 0.29) is 12.6 Å². The van der Waals surface area contributed by atoms with Crippen molar-refractivity contribution in [2.45, 2.75) is 53.1 Å². The summed E-state index contributed by atoms with van der Waals surface area (Å²) in [6.07, 6.45) is 3.10. The van der Waals surface area contributed by atoms with E-state index >= 15 is 0 Å². The van der Waals surface area contributed by atoms with E-state index in [1.54, 1.807) is 0 Å². The standard InChI is InChI=1S/C14H27BrO4/c1-5-16-13(17-6-2)10-9-12(15)11-14(18-7-3)19-8-4/h9,13-14H,5-8,10-11H2,1-4H3/b12-9+. The normalized spacial score (nSPS) is 12.7. The lowest BCUT2D eigenvalue weighted by atomic mass is 10.3. The van der Waals surface area contributed by atoms with Crippen molar-refractivity contribution in [1.29, 1.82) is 0 Å². The molecule has 4 nitrogen and oxygen atoms in total. The molecule has 0 spiro atoms. The SMILES string of the molecule is CCOC(C/C=C(/Br)CC(OCC)OCC)OCC. The maximum atomic E-state index is 5.50. The highest BCUT2D eigenvalue weighted by Gasteiger charge is 2.11. The second-order valence-corrected chi connectivity index (χ2v) is 4.79. The minimum Gasteiger partial charge on any atom is -0.353 e. The van der Waals surface area contributed by atoms with Gasteiger partial charge in [0.05, 0.1) is 0 Å². The average Bonchev–Trinajstić information content (AvgIpc) is 2.37. The first kappa shape index (κ1) is 19.1. The van der Waals surface area contributed by atoms with Crippen molar-refractivity contribution in [3.63, 3.8) is 0 Å². The van der Waals surface area contributed by atoms with Crippen LogP contribution in [0, 0.1) is 0 Å². The lowest BCUT2D eigenvalue weighted by Gasteiger charge is -2.18. The molecule has 0 saturated heterocycles. The van der Waals surface area contributed by atoms with E-state index in [0.29, 0.717) is 39.3 Å². The lowest BCUT2D eigenvalue weighted by molar-refractivity contribution is -0.135. The third kappa shape index (κ3) is 10.5. The van der Waals surface area contributed by atoms with Crippen molar-refractivity contribution < 1.29 is 18.9 Å². The highest BCUT2D eigenvalue weighted by Crippen LogP contribution is 2.18. The van der Waals surface area contributed by atoms with Gasteiger partial charge in [-0.2, -0.15) is 0 Å². The predicted octanol–water partition coefficient (Wildman–Crippen LogP) is 3.84. The fourth-order valence-corrected chi connectivity index (χ4v) is 2.01. The number of ether oxygens (including phenoxy) is 4. The van der Waals surface area contributed by atoms with Gasteiger partial charge in [0.25, 0.3) is 0 Å². The van der Waals surface area contributed by atoms with Gasteiger partial charge in [0, 0.05) is 39.3 Å². The molecule has 0 saturated carbocycles. The van der Waals surface area contributed by atoms with E-state index < -0.39 is 0 Å². The average molecular weight is 339 g/mol. The molecule has 0 aromatic rings.